The van der Waals surface area contributed by atoms with E-state index in [4.69, 9.17) is 0 Å². The lowest BCUT2D eigenvalue weighted by Crippen LogP contribution is -2.16. The molecule has 3 nitrogen and oxygen atoms in total. The Morgan fingerprint density at radius 3 is 2.65 bits per heavy atom. The Labute approximate surface area is 102 Å². The maximum Gasteiger partial charge on any atom is 0.305 e. The van der Waals surface area contributed by atoms with E-state index in [1.165, 1.54) is 7.11 Å². The first-order valence-corrected chi connectivity index (χ1v) is 5.92. The first-order chi connectivity index (χ1) is 8.10. The molecular weight excluding hydrogens is 216 g/mol. The van der Waals surface area contributed by atoms with Crippen LogP contribution in [0.1, 0.15) is 37.5 Å². The van der Waals surface area contributed by atoms with Crippen molar-refractivity contribution in [2.45, 2.75) is 32.8 Å². The Kier molecular flexibility index (Phi) is 5.16. The Bertz CT molecular complexity index is 373. The Morgan fingerprint density at radius 1 is 1.41 bits per heavy atom. The fourth-order valence-electron chi connectivity index (χ4n) is 1.91. The zero-order valence-corrected chi connectivity index (χ0v) is 10.6. The summed E-state index contributed by atoms with van der Waals surface area (Å²) in [4.78, 5) is 11.2. The van der Waals surface area contributed by atoms with Crippen molar-refractivity contribution >= 4 is 5.97 Å². The molecule has 0 radical (unpaired) electrons. The van der Waals surface area contributed by atoms with Crippen LogP contribution in [-0.2, 0) is 16.0 Å². The summed E-state index contributed by atoms with van der Waals surface area (Å²) in [6.45, 7) is 3.91. The van der Waals surface area contributed by atoms with Crippen LogP contribution in [0.25, 0.3) is 0 Å². The molecule has 0 fully saturated rings. The largest absolute Gasteiger partial charge is 0.469 e. The van der Waals surface area contributed by atoms with Crippen molar-refractivity contribution in [1.82, 2.24) is 0 Å². The third kappa shape index (κ3) is 3.56. The van der Waals surface area contributed by atoms with E-state index in [0.717, 1.165) is 17.5 Å². The Balaban J connectivity index is 2.80. The van der Waals surface area contributed by atoms with Gasteiger partial charge in [-0.05, 0) is 23.5 Å². The predicted octanol–water partition coefficient (Wildman–Crippen LogP) is 2.48. The Hall–Kier alpha value is -1.35. The van der Waals surface area contributed by atoms with Crippen molar-refractivity contribution in [2.75, 3.05) is 7.11 Å². The number of methoxy groups -OCH3 is 1. The molecule has 1 N–H and O–H groups in total. The van der Waals surface area contributed by atoms with Gasteiger partial charge in [0.1, 0.15) is 0 Å². The highest BCUT2D eigenvalue weighted by atomic mass is 16.5. The van der Waals surface area contributed by atoms with Gasteiger partial charge in [-0.2, -0.15) is 0 Å². The highest BCUT2D eigenvalue weighted by molar-refractivity contribution is 5.69. The van der Waals surface area contributed by atoms with E-state index in [1.54, 1.807) is 0 Å². The number of esters is 1. The number of hydrogen-bond donors (Lipinski definition) is 1. The van der Waals surface area contributed by atoms with Crippen LogP contribution in [0.2, 0.25) is 0 Å². The maximum atomic E-state index is 11.2. The molecule has 0 aromatic heterocycles. The molecule has 2 unspecified atom stereocenters. The molecule has 0 saturated heterocycles. The van der Waals surface area contributed by atoms with Crippen molar-refractivity contribution in [3.8, 4) is 0 Å². The fraction of sp³-hybridized carbons (Fsp3) is 0.500. The molecule has 0 saturated carbocycles. The van der Waals surface area contributed by atoms with E-state index >= 15 is 0 Å². The maximum absolute atomic E-state index is 11.2. The van der Waals surface area contributed by atoms with E-state index in [2.05, 4.69) is 11.7 Å². The summed E-state index contributed by atoms with van der Waals surface area (Å²) >= 11 is 0. The van der Waals surface area contributed by atoms with Gasteiger partial charge in [0.2, 0.25) is 0 Å². The average molecular weight is 236 g/mol. The summed E-state index contributed by atoms with van der Waals surface area (Å²) in [6.07, 6.45) is 0.485. The summed E-state index contributed by atoms with van der Waals surface area (Å²) in [5.41, 5.74) is 2.03. The second-order valence-corrected chi connectivity index (χ2v) is 4.25. The molecule has 0 heterocycles. The van der Waals surface area contributed by atoms with Gasteiger partial charge < -0.3 is 9.84 Å². The van der Waals surface area contributed by atoms with Gasteiger partial charge in [-0.25, -0.2) is 0 Å². The van der Waals surface area contributed by atoms with Gasteiger partial charge in [0.25, 0.3) is 0 Å². The smallest absolute Gasteiger partial charge is 0.305 e. The summed E-state index contributed by atoms with van der Waals surface area (Å²) in [6, 6.07) is 7.78. The summed E-state index contributed by atoms with van der Waals surface area (Å²) in [7, 11) is 1.36. The van der Waals surface area contributed by atoms with Gasteiger partial charge in [-0.3, -0.25) is 4.79 Å². The molecule has 2 atom stereocenters. The van der Waals surface area contributed by atoms with Crippen LogP contribution >= 0.6 is 0 Å². The van der Waals surface area contributed by atoms with Crippen LogP contribution in [-0.4, -0.2) is 18.2 Å². The molecular formula is C14H20O3. The number of ether oxygens (including phenoxy) is 1. The molecule has 3 heteroatoms. The number of aliphatic hydroxyl groups excluding tert-OH is 1. The zero-order valence-electron chi connectivity index (χ0n) is 10.6. The van der Waals surface area contributed by atoms with Crippen LogP contribution in [0.4, 0.5) is 0 Å². The first-order valence-electron chi connectivity index (χ1n) is 5.92. The number of aryl methyl sites for hydroxylation is 1. The third-order valence-electron chi connectivity index (χ3n) is 3.01. The highest BCUT2D eigenvalue weighted by Gasteiger charge is 2.21. The second-order valence-electron chi connectivity index (χ2n) is 4.25. The van der Waals surface area contributed by atoms with Crippen molar-refractivity contribution < 1.29 is 14.6 Å². The summed E-state index contributed by atoms with van der Waals surface area (Å²) in [5, 5.41) is 10.2. The molecule has 0 aliphatic carbocycles. The summed E-state index contributed by atoms with van der Waals surface area (Å²) < 4.78 is 4.61. The highest BCUT2D eigenvalue weighted by Crippen LogP contribution is 2.27. The normalized spacial score (nSPS) is 14.1. The van der Waals surface area contributed by atoms with Gasteiger partial charge in [0.15, 0.2) is 0 Å². The summed E-state index contributed by atoms with van der Waals surface area (Å²) in [5.74, 6) is -0.430. The molecule has 0 amide bonds. The lowest BCUT2D eigenvalue weighted by molar-refractivity contribution is -0.142. The molecule has 1 rings (SSSR count). The molecule has 1 aromatic rings. The van der Waals surface area contributed by atoms with Gasteiger partial charge in [0.05, 0.1) is 19.6 Å². The average Bonchev–Trinajstić information content (AvgIpc) is 2.37. The fourth-order valence-corrected chi connectivity index (χ4v) is 1.91. The molecule has 0 bridgehead atoms. The van der Waals surface area contributed by atoms with Crippen LogP contribution < -0.4 is 0 Å². The molecule has 0 spiro atoms. The minimum Gasteiger partial charge on any atom is -0.469 e. The van der Waals surface area contributed by atoms with Crippen molar-refractivity contribution in [2.24, 2.45) is 5.92 Å². The molecule has 0 aliphatic heterocycles. The van der Waals surface area contributed by atoms with Crippen LogP contribution in [0, 0.1) is 5.92 Å². The van der Waals surface area contributed by atoms with E-state index in [1.807, 2.05) is 31.2 Å². The number of aliphatic hydroxyl groups is 1. The van der Waals surface area contributed by atoms with Gasteiger partial charge in [-0.1, -0.05) is 38.1 Å². The van der Waals surface area contributed by atoms with Crippen LogP contribution in [0.5, 0.6) is 0 Å². The molecule has 94 valence electrons. The van der Waals surface area contributed by atoms with Crippen molar-refractivity contribution in [3.63, 3.8) is 0 Å². The standard InChI is InChI=1S/C14H20O3/c1-4-11-7-5-6-8-12(11)14(16)10(2)9-13(15)17-3/h5-8,10,14,16H,4,9H2,1-3H3. The predicted molar refractivity (Wildman–Crippen MR) is 66.6 cm³/mol. The minimum atomic E-state index is -0.620. The number of rotatable bonds is 5. The first kappa shape index (κ1) is 13.7. The van der Waals surface area contributed by atoms with Crippen molar-refractivity contribution in [3.05, 3.63) is 35.4 Å². The SMILES string of the molecule is CCc1ccccc1C(O)C(C)CC(=O)OC. The topological polar surface area (TPSA) is 46.5 Å². The molecule has 0 aliphatic rings. The van der Waals surface area contributed by atoms with Gasteiger partial charge in [0, 0.05) is 0 Å². The third-order valence-corrected chi connectivity index (χ3v) is 3.01. The Morgan fingerprint density at radius 2 is 2.06 bits per heavy atom. The number of benzene rings is 1. The zero-order chi connectivity index (χ0) is 12.8. The van der Waals surface area contributed by atoms with Crippen molar-refractivity contribution in [1.29, 1.82) is 0 Å². The molecule has 17 heavy (non-hydrogen) atoms. The lowest BCUT2D eigenvalue weighted by atomic mass is 9.91. The van der Waals surface area contributed by atoms with Gasteiger partial charge >= 0.3 is 5.97 Å². The van der Waals surface area contributed by atoms with Crippen LogP contribution in [0.3, 0.4) is 0 Å². The van der Waals surface area contributed by atoms with E-state index < -0.39 is 6.10 Å². The van der Waals surface area contributed by atoms with E-state index in [-0.39, 0.29) is 18.3 Å². The number of hydrogen-bond acceptors (Lipinski definition) is 3. The minimum absolute atomic E-state index is 0.143. The van der Waals surface area contributed by atoms with Crippen LogP contribution in [0.15, 0.2) is 24.3 Å². The molecule has 1 aromatic carbocycles. The lowest BCUT2D eigenvalue weighted by Gasteiger charge is -2.20. The van der Waals surface area contributed by atoms with E-state index in [0.29, 0.717) is 0 Å². The van der Waals surface area contributed by atoms with Gasteiger partial charge in [-0.15, -0.1) is 0 Å². The van der Waals surface area contributed by atoms with E-state index in [9.17, 15) is 9.90 Å². The monoisotopic (exact) mass is 236 g/mol. The number of carbonyl (C=O) groups excluding carboxylic acids is 1. The number of carbonyl (C=O) groups is 1. The quantitative estimate of drug-likeness (QED) is 0.799. The second kappa shape index (κ2) is 6.40.